The highest BCUT2D eigenvalue weighted by Crippen LogP contribution is 2.32. The van der Waals surface area contributed by atoms with Crippen LogP contribution in [0, 0.1) is 13.8 Å². The van der Waals surface area contributed by atoms with E-state index in [4.69, 9.17) is 23.2 Å². The Bertz CT molecular complexity index is 1320. The molecule has 3 amide bonds. The molecule has 0 atom stereocenters. The summed E-state index contributed by atoms with van der Waals surface area (Å²) in [7, 11) is 0. The molecule has 0 saturated carbocycles. The molecule has 1 aliphatic rings. The van der Waals surface area contributed by atoms with E-state index in [2.05, 4.69) is 10.6 Å². The lowest BCUT2D eigenvalue weighted by Gasteiger charge is -2.18. The molecule has 3 aromatic carbocycles. The molecule has 0 aromatic heterocycles. The Kier molecular flexibility index (Phi) is 6.22. The van der Waals surface area contributed by atoms with Crippen LogP contribution in [-0.4, -0.2) is 17.7 Å². The molecule has 33 heavy (non-hydrogen) atoms. The quantitative estimate of drug-likeness (QED) is 0.463. The largest absolute Gasteiger partial charge is 0.350 e. The van der Waals surface area contributed by atoms with Gasteiger partial charge in [-0.1, -0.05) is 41.4 Å². The third kappa shape index (κ3) is 4.62. The van der Waals surface area contributed by atoms with Crippen molar-refractivity contribution < 1.29 is 14.4 Å². The Balaban J connectivity index is 1.56. The summed E-state index contributed by atoms with van der Waals surface area (Å²) in [5.74, 6) is -1.50. The monoisotopic (exact) mass is 479 g/mol. The lowest BCUT2D eigenvalue weighted by atomic mass is 10.1. The first-order chi connectivity index (χ1) is 15.7. The molecule has 166 valence electrons. The van der Waals surface area contributed by atoms with E-state index in [0.717, 1.165) is 16.0 Å². The Morgan fingerprint density at radius 3 is 2.30 bits per heavy atom. The van der Waals surface area contributed by atoms with Crippen LogP contribution >= 0.6 is 23.2 Å². The van der Waals surface area contributed by atoms with Gasteiger partial charge in [0.2, 0.25) is 0 Å². The van der Waals surface area contributed by atoms with E-state index >= 15 is 0 Å². The van der Waals surface area contributed by atoms with E-state index < -0.39 is 11.8 Å². The second-order valence-corrected chi connectivity index (χ2v) is 8.41. The molecule has 0 unspecified atom stereocenters. The van der Waals surface area contributed by atoms with E-state index in [9.17, 15) is 14.4 Å². The summed E-state index contributed by atoms with van der Waals surface area (Å²) < 4.78 is 0. The molecule has 0 spiro atoms. The fraction of sp³-hybridized carbons (Fsp3) is 0.0800. The van der Waals surface area contributed by atoms with Crippen LogP contribution in [-0.2, 0) is 9.59 Å². The summed E-state index contributed by atoms with van der Waals surface area (Å²) in [5.41, 5.74) is 3.51. The van der Waals surface area contributed by atoms with Gasteiger partial charge in [-0.25, -0.2) is 4.90 Å². The summed E-state index contributed by atoms with van der Waals surface area (Å²) in [5, 5.41) is 6.04. The number of halogens is 2. The molecule has 1 aliphatic heterocycles. The molecule has 0 fully saturated rings. The average molecular weight is 480 g/mol. The number of rotatable bonds is 5. The highest BCUT2D eigenvalue weighted by Gasteiger charge is 2.39. The van der Waals surface area contributed by atoms with Crippen LogP contribution < -0.4 is 15.5 Å². The van der Waals surface area contributed by atoms with Crippen LogP contribution in [0.1, 0.15) is 21.5 Å². The first-order valence-corrected chi connectivity index (χ1v) is 10.8. The van der Waals surface area contributed by atoms with Crippen LogP contribution in [0.2, 0.25) is 5.02 Å². The van der Waals surface area contributed by atoms with E-state index in [1.165, 1.54) is 0 Å². The molecule has 0 radical (unpaired) electrons. The molecule has 6 nitrogen and oxygen atoms in total. The summed E-state index contributed by atoms with van der Waals surface area (Å²) in [6, 6.07) is 18.8. The Morgan fingerprint density at radius 2 is 1.58 bits per heavy atom. The van der Waals surface area contributed by atoms with E-state index in [1.807, 2.05) is 26.0 Å². The summed E-state index contributed by atoms with van der Waals surface area (Å²) in [4.78, 5) is 39.6. The molecule has 2 N–H and O–H groups in total. The minimum Gasteiger partial charge on any atom is -0.350 e. The molecule has 0 saturated heterocycles. The number of carbonyl (C=O) groups is 3. The molecular formula is C25H19Cl2N3O3. The van der Waals surface area contributed by atoms with Crippen molar-refractivity contribution >= 4 is 58.0 Å². The highest BCUT2D eigenvalue weighted by atomic mass is 35.5. The minimum atomic E-state index is -0.602. The molecular weight excluding hydrogens is 461 g/mol. The van der Waals surface area contributed by atoms with Gasteiger partial charge in [0, 0.05) is 22.0 Å². The van der Waals surface area contributed by atoms with Gasteiger partial charge >= 0.3 is 0 Å². The van der Waals surface area contributed by atoms with Gasteiger partial charge in [0.15, 0.2) is 0 Å². The van der Waals surface area contributed by atoms with Gasteiger partial charge in [-0.3, -0.25) is 14.4 Å². The molecule has 1 heterocycles. The zero-order chi connectivity index (χ0) is 23.7. The third-order valence-corrected chi connectivity index (χ3v) is 5.73. The second-order valence-electron chi connectivity index (χ2n) is 7.59. The number of carbonyl (C=O) groups excluding carboxylic acids is 3. The van der Waals surface area contributed by atoms with Crippen molar-refractivity contribution in [3.05, 3.63) is 99.2 Å². The third-order valence-electron chi connectivity index (χ3n) is 5.13. The Hall–Kier alpha value is -3.61. The molecule has 0 aliphatic carbocycles. The van der Waals surface area contributed by atoms with Gasteiger partial charge in [-0.05, 0) is 73.5 Å². The predicted octanol–water partition coefficient (Wildman–Crippen LogP) is 5.64. The number of amides is 3. The first kappa shape index (κ1) is 22.6. The lowest BCUT2D eigenvalue weighted by Crippen LogP contribution is -2.33. The fourth-order valence-corrected chi connectivity index (χ4v) is 3.75. The van der Waals surface area contributed by atoms with Crippen LogP contribution in [0.15, 0.2) is 77.5 Å². The summed E-state index contributed by atoms with van der Waals surface area (Å²) in [6.45, 7) is 3.69. The van der Waals surface area contributed by atoms with Crippen molar-refractivity contribution in [3.8, 4) is 0 Å². The van der Waals surface area contributed by atoms with Gasteiger partial charge < -0.3 is 10.6 Å². The number of imide groups is 1. The zero-order valence-corrected chi connectivity index (χ0v) is 19.3. The van der Waals surface area contributed by atoms with Crippen molar-refractivity contribution in [1.82, 2.24) is 0 Å². The van der Waals surface area contributed by atoms with Gasteiger partial charge in [0.25, 0.3) is 17.7 Å². The number of aryl methyl sites for hydroxylation is 2. The van der Waals surface area contributed by atoms with Gasteiger partial charge in [0.05, 0.1) is 5.69 Å². The standard InChI is InChI=1S/C25H19Cl2N3O3/c1-14-6-7-15(2)20(12-14)30-24(32)21(27)22(25(30)33)28-19-5-3-4-16(13-19)23(31)29-18-10-8-17(26)9-11-18/h3-13,28H,1-2H3,(H,29,31). The lowest BCUT2D eigenvalue weighted by molar-refractivity contribution is -0.120. The molecule has 4 rings (SSSR count). The van der Waals surface area contributed by atoms with Crippen LogP contribution in [0.3, 0.4) is 0 Å². The molecule has 8 heteroatoms. The van der Waals surface area contributed by atoms with E-state index in [0.29, 0.717) is 27.6 Å². The average Bonchev–Trinajstić information content (AvgIpc) is 3.00. The van der Waals surface area contributed by atoms with Crippen LogP contribution in [0.25, 0.3) is 0 Å². The van der Waals surface area contributed by atoms with E-state index in [-0.39, 0.29) is 16.6 Å². The maximum atomic E-state index is 13.1. The Labute approximate surface area is 200 Å². The number of nitrogens with one attached hydrogen (secondary N) is 2. The van der Waals surface area contributed by atoms with Crippen molar-refractivity contribution in [2.75, 3.05) is 15.5 Å². The number of hydrogen-bond donors (Lipinski definition) is 2. The molecule has 0 bridgehead atoms. The zero-order valence-electron chi connectivity index (χ0n) is 17.8. The SMILES string of the molecule is Cc1ccc(C)c(N2C(=O)C(Cl)=C(Nc3cccc(C(=O)Nc4ccc(Cl)cc4)c3)C2=O)c1. The maximum Gasteiger partial charge on any atom is 0.283 e. The van der Waals surface area contributed by atoms with Crippen LogP contribution in [0.4, 0.5) is 17.1 Å². The maximum absolute atomic E-state index is 13.1. The fourth-order valence-electron chi connectivity index (χ4n) is 3.41. The second kappa shape index (κ2) is 9.10. The number of benzene rings is 3. The first-order valence-electron chi connectivity index (χ1n) is 10.0. The van der Waals surface area contributed by atoms with Crippen molar-refractivity contribution in [3.63, 3.8) is 0 Å². The number of anilines is 3. The molecule has 3 aromatic rings. The van der Waals surface area contributed by atoms with E-state index in [1.54, 1.807) is 54.6 Å². The minimum absolute atomic E-state index is 0.0437. The van der Waals surface area contributed by atoms with Gasteiger partial charge in [-0.2, -0.15) is 0 Å². The highest BCUT2D eigenvalue weighted by molar-refractivity contribution is 6.53. The Morgan fingerprint density at radius 1 is 0.848 bits per heavy atom. The van der Waals surface area contributed by atoms with Gasteiger partial charge in [-0.15, -0.1) is 0 Å². The predicted molar refractivity (Wildman–Crippen MR) is 131 cm³/mol. The summed E-state index contributed by atoms with van der Waals surface area (Å²) in [6.07, 6.45) is 0. The van der Waals surface area contributed by atoms with Crippen molar-refractivity contribution in [2.45, 2.75) is 13.8 Å². The topological polar surface area (TPSA) is 78.5 Å². The number of nitrogens with zero attached hydrogens (tertiary/aromatic N) is 1. The normalized spacial score (nSPS) is 13.5. The smallest absolute Gasteiger partial charge is 0.283 e. The van der Waals surface area contributed by atoms with Crippen LogP contribution in [0.5, 0.6) is 0 Å². The number of hydrogen-bond acceptors (Lipinski definition) is 4. The summed E-state index contributed by atoms with van der Waals surface area (Å²) >= 11 is 12.1. The van der Waals surface area contributed by atoms with Crippen molar-refractivity contribution in [1.29, 1.82) is 0 Å². The van der Waals surface area contributed by atoms with Crippen molar-refractivity contribution in [2.24, 2.45) is 0 Å². The van der Waals surface area contributed by atoms with Gasteiger partial charge in [0.1, 0.15) is 10.7 Å².